The average Bonchev–Trinajstić information content (AvgIpc) is 2.71. The average molecular weight is 281 g/mol. The molecule has 0 fully saturated rings. The molecule has 0 saturated carbocycles. The molecule has 1 rings (SSSR count). The van der Waals surface area contributed by atoms with Gasteiger partial charge in [0.05, 0.1) is 0 Å². The van der Waals surface area contributed by atoms with Gasteiger partial charge in [-0.05, 0) is 31.6 Å². The topological polar surface area (TPSA) is 74.6 Å². The van der Waals surface area contributed by atoms with Gasteiger partial charge in [-0.3, -0.25) is 9.59 Å². The molecule has 0 spiro atoms. The second kappa shape index (κ2) is 6.56. The van der Waals surface area contributed by atoms with Crippen molar-refractivity contribution < 1.29 is 14.7 Å². The van der Waals surface area contributed by atoms with E-state index in [1.807, 2.05) is 14.1 Å². The molecular formula is C14H23N3O3. The summed E-state index contributed by atoms with van der Waals surface area (Å²) in [6.45, 7) is 5.32. The van der Waals surface area contributed by atoms with Crippen molar-refractivity contribution in [2.24, 2.45) is 5.41 Å². The number of nitrogens with zero attached hydrogens (tertiary/aromatic N) is 2. The standard InChI is InChI=1S/C14H23N3O3/c1-14(2,10-16(3)4)9-15-13(20)11-6-5-7-17(11)8-12(18)19/h5-7H,8-10H2,1-4H3,(H,15,20)(H,18,19). The summed E-state index contributed by atoms with van der Waals surface area (Å²) in [5.74, 6) is -1.22. The lowest BCUT2D eigenvalue weighted by molar-refractivity contribution is -0.137. The van der Waals surface area contributed by atoms with Gasteiger partial charge >= 0.3 is 5.97 Å². The van der Waals surface area contributed by atoms with Gasteiger partial charge < -0.3 is 19.9 Å². The van der Waals surface area contributed by atoms with E-state index in [-0.39, 0.29) is 17.9 Å². The number of amides is 1. The number of hydrogen-bond acceptors (Lipinski definition) is 3. The van der Waals surface area contributed by atoms with Crippen LogP contribution in [0.1, 0.15) is 24.3 Å². The highest BCUT2D eigenvalue weighted by Crippen LogP contribution is 2.14. The van der Waals surface area contributed by atoms with Crippen molar-refractivity contribution in [3.63, 3.8) is 0 Å². The maximum Gasteiger partial charge on any atom is 0.323 e. The van der Waals surface area contributed by atoms with E-state index >= 15 is 0 Å². The van der Waals surface area contributed by atoms with Crippen LogP contribution in [0.4, 0.5) is 0 Å². The predicted molar refractivity (Wildman–Crippen MR) is 76.7 cm³/mol. The summed E-state index contributed by atoms with van der Waals surface area (Å²) in [4.78, 5) is 24.9. The molecule has 0 aliphatic carbocycles. The van der Waals surface area contributed by atoms with Gasteiger partial charge in [-0.1, -0.05) is 13.8 Å². The number of carboxylic acid groups (broad SMARTS) is 1. The molecule has 6 nitrogen and oxygen atoms in total. The highest BCUT2D eigenvalue weighted by molar-refractivity contribution is 5.93. The first-order chi connectivity index (χ1) is 9.21. The summed E-state index contributed by atoms with van der Waals surface area (Å²) >= 11 is 0. The van der Waals surface area contributed by atoms with E-state index in [2.05, 4.69) is 24.1 Å². The summed E-state index contributed by atoms with van der Waals surface area (Å²) in [6.07, 6.45) is 1.59. The van der Waals surface area contributed by atoms with Crippen molar-refractivity contribution in [3.8, 4) is 0 Å². The van der Waals surface area contributed by atoms with Crippen LogP contribution in [0.15, 0.2) is 18.3 Å². The molecule has 2 N–H and O–H groups in total. The Kier molecular flexibility index (Phi) is 5.33. The lowest BCUT2D eigenvalue weighted by Gasteiger charge is -2.28. The van der Waals surface area contributed by atoms with Crippen LogP contribution in [-0.2, 0) is 11.3 Å². The van der Waals surface area contributed by atoms with Gasteiger partial charge in [0, 0.05) is 19.3 Å². The molecule has 0 atom stereocenters. The fraction of sp³-hybridized carbons (Fsp3) is 0.571. The van der Waals surface area contributed by atoms with Gasteiger partial charge in [0.15, 0.2) is 0 Å². The minimum absolute atomic E-state index is 0.0522. The number of aliphatic carboxylic acids is 1. The Morgan fingerprint density at radius 2 is 2.05 bits per heavy atom. The molecule has 0 aliphatic heterocycles. The third-order valence-corrected chi connectivity index (χ3v) is 2.84. The maximum atomic E-state index is 12.1. The van der Waals surface area contributed by atoms with Crippen molar-refractivity contribution in [2.75, 3.05) is 27.2 Å². The number of nitrogens with one attached hydrogen (secondary N) is 1. The van der Waals surface area contributed by atoms with Gasteiger partial charge in [-0.2, -0.15) is 0 Å². The number of hydrogen-bond donors (Lipinski definition) is 2. The van der Waals surface area contributed by atoms with Crippen LogP contribution >= 0.6 is 0 Å². The predicted octanol–water partition coefficient (Wildman–Crippen LogP) is 0.890. The van der Waals surface area contributed by atoms with Crippen LogP contribution in [-0.4, -0.2) is 53.6 Å². The largest absolute Gasteiger partial charge is 0.480 e. The molecule has 1 amide bonds. The second-order valence-corrected chi connectivity index (χ2v) is 6.00. The number of aromatic nitrogens is 1. The minimum Gasteiger partial charge on any atom is -0.480 e. The molecule has 20 heavy (non-hydrogen) atoms. The van der Waals surface area contributed by atoms with E-state index in [9.17, 15) is 9.59 Å². The Labute approximate surface area is 119 Å². The first-order valence-electron chi connectivity index (χ1n) is 6.51. The Balaban J connectivity index is 2.63. The zero-order chi connectivity index (χ0) is 15.3. The first-order valence-corrected chi connectivity index (χ1v) is 6.51. The van der Waals surface area contributed by atoms with Crippen LogP contribution in [0.25, 0.3) is 0 Å². The third kappa shape index (κ3) is 5.05. The van der Waals surface area contributed by atoms with Crippen LogP contribution < -0.4 is 5.32 Å². The van der Waals surface area contributed by atoms with E-state index in [0.29, 0.717) is 12.2 Å². The van der Waals surface area contributed by atoms with E-state index < -0.39 is 5.97 Å². The smallest absolute Gasteiger partial charge is 0.323 e. The van der Waals surface area contributed by atoms with E-state index in [0.717, 1.165) is 6.54 Å². The maximum absolute atomic E-state index is 12.1. The summed E-state index contributed by atoms with van der Waals surface area (Å²) in [5.41, 5.74) is 0.316. The number of carbonyl (C=O) groups is 2. The van der Waals surface area contributed by atoms with Crippen LogP contribution in [0.2, 0.25) is 0 Å². The Bertz CT molecular complexity index is 478. The highest BCUT2D eigenvalue weighted by atomic mass is 16.4. The van der Waals surface area contributed by atoms with Crippen molar-refractivity contribution in [3.05, 3.63) is 24.0 Å². The number of rotatable bonds is 7. The molecule has 1 aromatic heterocycles. The second-order valence-electron chi connectivity index (χ2n) is 6.00. The summed E-state index contributed by atoms with van der Waals surface area (Å²) < 4.78 is 1.43. The molecule has 0 saturated heterocycles. The first kappa shape index (κ1) is 16.2. The quantitative estimate of drug-likeness (QED) is 0.778. The molecule has 0 bridgehead atoms. The van der Waals surface area contributed by atoms with Crippen molar-refractivity contribution in [2.45, 2.75) is 20.4 Å². The van der Waals surface area contributed by atoms with Gasteiger partial charge in [-0.15, -0.1) is 0 Å². The molecular weight excluding hydrogens is 258 g/mol. The van der Waals surface area contributed by atoms with Crippen molar-refractivity contribution in [1.29, 1.82) is 0 Å². The Morgan fingerprint density at radius 3 is 2.60 bits per heavy atom. The van der Waals surface area contributed by atoms with Gasteiger partial charge in [0.1, 0.15) is 12.2 Å². The molecule has 1 heterocycles. The lowest BCUT2D eigenvalue weighted by atomic mass is 9.93. The van der Waals surface area contributed by atoms with Gasteiger partial charge in [0.25, 0.3) is 5.91 Å². The highest BCUT2D eigenvalue weighted by Gasteiger charge is 2.21. The lowest BCUT2D eigenvalue weighted by Crippen LogP contribution is -2.40. The van der Waals surface area contributed by atoms with Crippen LogP contribution in [0.3, 0.4) is 0 Å². The van der Waals surface area contributed by atoms with Gasteiger partial charge in [0.2, 0.25) is 0 Å². The van der Waals surface area contributed by atoms with E-state index in [1.54, 1.807) is 18.3 Å². The molecule has 112 valence electrons. The molecule has 0 unspecified atom stereocenters. The Morgan fingerprint density at radius 1 is 1.40 bits per heavy atom. The van der Waals surface area contributed by atoms with Crippen LogP contribution in [0.5, 0.6) is 0 Å². The molecule has 1 aromatic rings. The molecule has 0 aliphatic rings. The summed E-state index contributed by atoms with van der Waals surface area (Å²) in [6, 6.07) is 3.29. The minimum atomic E-state index is -0.969. The monoisotopic (exact) mass is 281 g/mol. The SMILES string of the molecule is CN(C)CC(C)(C)CNC(=O)c1cccn1CC(=O)O. The fourth-order valence-electron chi connectivity index (χ4n) is 2.23. The van der Waals surface area contributed by atoms with Crippen molar-refractivity contribution in [1.82, 2.24) is 14.8 Å². The van der Waals surface area contributed by atoms with E-state index in [4.69, 9.17) is 5.11 Å². The third-order valence-electron chi connectivity index (χ3n) is 2.84. The molecule has 0 aromatic carbocycles. The Hall–Kier alpha value is -1.82. The normalized spacial score (nSPS) is 11.7. The van der Waals surface area contributed by atoms with Gasteiger partial charge in [-0.25, -0.2) is 0 Å². The summed E-state index contributed by atoms with van der Waals surface area (Å²) in [5, 5.41) is 11.7. The van der Waals surface area contributed by atoms with E-state index in [1.165, 1.54) is 4.57 Å². The van der Waals surface area contributed by atoms with Crippen LogP contribution in [0, 0.1) is 5.41 Å². The molecule has 6 heteroatoms. The summed E-state index contributed by atoms with van der Waals surface area (Å²) in [7, 11) is 3.98. The molecule has 0 radical (unpaired) electrons. The zero-order valence-corrected chi connectivity index (χ0v) is 12.5. The fourth-order valence-corrected chi connectivity index (χ4v) is 2.23. The number of carboxylic acids is 1. The zero-order valence-electron chi connectivity index (χ0n) is 12.5. The number of carbonyl (C=O) groups excluding carboxylic acids is 1. The van der Waals surface area contributed by atoms with Crippen molar-refractivity contribution >= 4 is 11.9 Å².